The summed E-state index contributed by atoms with van der Waals surface area (Å²) in [7, 11) is 0. The molecule has 3 aliphatic rings. The molecule has 0 aromatic heterocycles. The van der Waals surface area contributed by atoms with Gasteiger partial charge in [0, 0.05) is 0 Å². The fourth-order valence-corrected chi connectivity index (χ4v) is 6.70. The molecule has 0 aromatic rings. The lowest BCUT2D eigenvalue weighted by Gasteiger charge is -2.42. The monoisotopic (exact) mass is 332 g/mol. The molecule has 3 aliphatic carbocycles. The van der Waals surface area contributed by atoms with Gasteiger partial charge in [-0.25, -0.2) is 0 Å². The highest BCUT2D eigenvalue weighted by atomic mass is 14.4. The summed E-state index contributed by atoms with van der Waals surface area (Å²) in [5.74, 6) is 6.61. The summed E-state index contributed by atoms with van der Waals surface area (Å²) in [6, 6.07) is 0. The molecule has 0 amide bonds. The number of hydrogen-bond acceptors (Lipinski definition) is 0. The molecule has 3 saturated carbocycles. The van der Waals surface area contributed by atoms with Gasteiger partial charge in [0.2, 0.25) is 0 Å². The van der Waals surface area contributed by atoms with Crippen molar-refractivity contribution < 1.29 is 0 Å². The van der Waals surface area contributed by atoms with Crippen LogP contribution in [0.25, 0.3) is 0 Å². The maximum absolute atomic E-state index is 2.37. The van der Waals surface area contributed by atoms with E-state index in [1.807, 2.05) is 0 Å². The first-order chi connectivity index (χ1) is 11.8. The fourth-order valence-electron chi connectivity index (χ4n) is 6.70. The predicted octanol–water partition coefficient (Wildman–Crippen LogP) is 8.01. The third-order valence-corrected chi connectivity index (χ3v) is 8.17. The number of fused-ring (bicyclic) bond motifs is 1. The average molecular weight is 333 g/mol. The van der Waals surface area contributed by atoms with E-state index in [0.29, 0.717) is 0 Å². The van der Waals surface area contributed by atoms with E-state index in [0.717, 1.165) is 35.5 Å². The first-order valence-electron chi connectivity index (χ1n) is 11.8. The third-order valence-electron chi connectivity index (χ3n) is 8.17. The molecular formula is C24H44. The molecule has 4 unspecified atom stereocenters. The van der Waals surface area contributed by atoms with Crippen LogP contribution in [0.15, 0.2) is 0 Å². The second kappa shape index (κ2) is 9.63. The Bertz CT molecular complexity index is 338. The van der Waals surface area contributed by atoms with Gasteiger partial charge in [-0.05, 0) is 61.2 Å². The largest absolute Gasteiger partial charge is 0.0654 e. The van der Waals surface area contributed by atoms with E-state index >= 15 is 0 Å². The maximum atomic E-state index is 2.37. The molecule has 24 heavy (non-hydrogen) atoms. The Balaban J connectivity index is 1.34. The molecule has 0 nitrogen and oxygen atoms in total. The van der Waals surface area contributed by atoms with Gasteiger partial charge in [0.15, 0.2) is 0 Å². The molecule has 3 fully saturated rings. The standard InChI is InChI=1S/C24H44/c1-3-5-19-7-9-20(10-8-19)11-12-22-14-16-23-17-21(6-4-2)13-15-24(23)18-22/h19-24H,3-18H2,1-2H3. The fraction of sp³-hybridized carbons (Fsp3) is 1.00. The SMILES string of the molecule is CCCC1CCC(CCC2CCC3CC(CCC)CCC3C2)CC1. The van der Waals surface area contributed by atoms with Gasteiger partial charge in [0.05, 0.1) is 0 Å². The summed E-state index contributed by atoms with van der Waals surface area (Å²) in [4.78, 5) is 0. The number of hydrogen-bond donors (Lipinski definition) is 0. The van der Waals surface area contributed by atoms with Crippen molar-refractivity contribution >= 4 is 0 Å². The molecule has 0 aliphatic heterocycles. The summed E-state index contributed by atoms with van der Waals surface area (Å²) in [5, 5.41) is 0. The van der Waals surface area contributed by atoms with E-state index in [4.69, 9.17) is 0 Å². The molecule has 0 bridgehead atoms. The molecule has 0 heteroatoms. The average Bonchev–Trinajstić information content (AvgIpc) is 2.61. The van der Waals surface area contributed by atoms with Crippen LogP contribution in [0.3, 0.4) is 0 Å². The zero-order valence-corrected chi connectivity index (χ0v) is 16.8. The molecular weight excluding hydrogens is 288 g/mol. The van der Waals surface area contributed by atoms with Crippen molar-refractivity contribution in [3.63, 3.8) is 0 Å². The summed E-state index contributed by atoms with van der Waals surface area (Å²) < 4.78 is 0. The second-order valence-electron chi connectivity index (χ2n) is 9.92. The van der Waals surface area contributed by atoms with E-state index < -0.39 is 0 Å². The van der Waals surface area contributed by atoms with E-state index in [2.05, 4.69) is 13.8 Å². The van der Waals surface area contributed by atoms with Crippen LogP contribution in [0.4, 0.5) is 0 Å². The molecule has 0 saturated heterocycles. The second-order valence-corrected chi connectivity index (χ2v) is 9.92. The smallest absolute Gasteiger partial charge is 0.0383 e. The van der Waals surface area contributed by atoms with Crippen LogP contribution in [-0.2, 0) is 0 Å². The molecule has 0 aromatic carbocycles. The Kier molecular flexibility index (Phi) is 7.54. The van der Waals surface area contributed by atoms with Gasteiger partial charge >= 0.3 is 0 Å². The Morgan fingerprint density at radius 3 is 1.38 bits per heavy atom. The summed E-state index contributed by atoms with van der Waals surface area (Å²) in [6.07, 6.45) is 24.7. The summed E-state index contributed by atoms with van der Waals surface area (Å²) >= 11 is 0. The quantitative estimate of drug-likeness (QED) is 0.443. The first kappa shape index (κ1) is 18.8. The van der Waals surface area contributed by atoms with Crippen LogP contribution in [-0.4, -0.2) is 0 Å². The maximum Gasteiger partial charge on any atom is -0.0383 e. The highest BCUT2D eigenvalue weighted by Crippen LogP contribution is 2.47. The van der Waals surface area contributed by atoms with Crippen LogP contribution in [0.2, 0.25) is 0 Å². The minimum atomic E-state index is 1.08. The molecule has 140 valence electrons. The lowest BCUT2D eigenvalue weighted by molar-refractivity contribution is 0.0880. The Labute approximate surface area is 152 Å². The summed E-state index contributed by atoms with van der Waals surface area (Å²) in [5.41, 5.74) is 0. The van der Waals surface area contributed by atoms with Crippen LogP contribution in [0.5, 0.6) is 0 Å². The zero-order valence-electron chi connectivity index (χ0n) is 16.8. The minimum absolute atomic E-state index is 1.08. The lowest BCUT2D eigenvalue weighted by atomic mass is 9.63. The van der Waals surface area contributed by atoms with Crippen molar-refractivity contribution in [2.75, 3.05) is 0 Å². The Hall–Kier alpha value is 0. The first-order valence-corrected chi connectivity index (χ1v) is 11.8. The van der Waals surface area contributed by atoms with E-state index in [1.54, 1.807) is 77.0 Å². The van der Waals surface area contributed by atoms with Gasteiger partial charge < -0.3 is 0 Å². The number of rotatable bonds is 7. The van der Waals surface area contributed by atoms with E-state index in [-0.39, 0.29) is 0 Å². The molecule has 3 rings (SSSR count). The van der Waals surface area contributed by atoms with Crippen LogP contribution in [0.1, 0.15) is 117 Å². The van der Waals surface area contributed by atoms with Crippen molar-refractivity contribution in [3.8, 4) is 0 Å². The van der Waals surface area contributed by atoms with Crippen molar-refractivity contribution in [3.05, 3.63) is 0 Å². The topological polar surface area (TPSA) is 0 Å². The highest BCUT2D eigenvalue weighted by molar-refractivity contribution is 4.86. The molecule has 0 heterocycles. The van der Waals surface area contributed by atoms with Gasteiger partial charge in [0.25, 0.3) is 0 Å². The van der Waals surface area contributed by atoms with Gasteiger partial charge in [0.1, 0.15) is 0 Å². The van der Waals surface area contributed by atoms with Gasteiger partial charge in [-0.15, -0.1) is 0 Å². The van der Waals surface area contributed by atoms with Gasteiger partial charge in [-0.3, -0.25) is 0 Å². The summed E-state index contributed by atoms with van der Waals surface area (Å²) in [6.45, 7) is 4.73. The van der Waals surface area contributed by atoms with Crippen LogP contribution < -0.4 is 0 Å². The molecule has 0 spiro atoms. The van der Waals surface area contributed by atoms with Crippen LogP contribution in [0, 0.1) is 35.5 Å². The van der Waals surface area contributed by atoms with E-state index in [1.165, 1.54) is 25.7 Å². The van der Waals surface area contributed by atoms with E-state index in [9.17, 15) is 0 Å². The van der Waals surface area contributed by atoms with Crippen molar-refractivity contribution in [1.29, 1.82) is 0 Å². The van der Waals surface area contributed by atoms with Gasteiger partial charge in [-0.2, -0.15) is 0 Å². The Morgan fingerprint density at radius 2 is 0.833 bits per heavy atom. The molecule has 4 atom stereocenters. The van der Waals surface area contributed by atoms with Gasteiger partial charge in [-0.1, -0.05) is 90.9 Å². The van der Waals surface area contributed by atoms with Crippen LogP contribution >= 0.6 is 0 Å². The third kappa shape index (κ3) is 5.25. The molecule has 0 N–H and O–H groups in total. The minimum Gasteiger partial charge on any atom is -0.0654 e. The Morgan fingerprint density at radius 1 is 0.458 bits per heavy atom. The zero-order chi connectivity index (χ0) is 16.8. The molecule has 0 radical (unpaired) electrons. The van der Waals surface area contributed by atoms with Crippen molar-refractivity contribution in [1.82, 2.24) is 0 Å². The lowest BCUT2D eigenvalue weighted by Crippen LogP contribution is -2.31. The predicted molar refractivity (Wildman–Crippen MR) is 106 cm³/mol. The highest BCUT2D eigenvalue weighted by Gasteiger charge is 2.35. The van der Waals surface area contributed by atoms with Crippen molar-refractivity contribution in [2.45, 2.75) is 117 Å². The van der Waals surface area contributed by atoms with Crippen molar-refractivity contribution in [2.24, 2.45) is 35.5 Å². The normalized spacial score (nSPS) is 40.2.